The number of aromatic amines is 1. The molecule has 0 aliphatic heterocycles. The lowest BCUT2D eigenvalue weighted by molar-refractivity contribution is -0.116. The van der Waals surface area contributed by atoms with Crippen LogP contribution in [0.5, 0.6) is 0 Å². The van der Waals surface area contributed by atoms with Gasteiger partial charge in [0.1, 0.15) is 6.54 Å². The number of anilines is 1. The molecule has 2 N–H and O–H groups in total. The van der Waals surface area contributed by atoms with Crippen molar-refractivity contribution < 1.29 is 4.79 Å². The number of nitrogens with one attached hydrogen (secondary N) is 2. The van der Waals surface area contributed by atoms with Gasteiger partial charge in [-0.15, -0.1) is 0 Å². The topological polar surface area (TPSA) is 79.8 Å². The van der Waals surface area contributed by atoms with Gasteiger partial charge in [-0.05, 0) is 35.8 Å². The zero-order valence-electron chi connectivity index (χ0n) is 10.5. The first kappa shape index (κ1) is 13.5. The Bertz CT molecular complexity index is 655. The van der Waals surface area contributed by atoms with Crippen LogP contribution in [0.1, 0.15) is 11.4 Å². The lowest BCUT2D eigenvalue weighted by Gasteiger charge is -2.07. The summed E-state index contributed by atoms with van der Waals surface area (Å²) < 4.78 is 2.08. The number of halogens is 1. The molecular weight excluding hydrogens is 312 g/mol. The number of H-pyrrole nitrogens is 1. The summed E-state index contributed by atoms with van der Waals surface area (Å²) in [6.07, 6.45) is 1.58. The lowest BCUT2D eigenvalue weighted by atomic mass is 10.3. The molecule has 1 amide bonds. The highest BCUT2D eigenvalue weighted by atomic mass is 79.9. The van der Waals surface area contributed by atoms with Crippen molar-refractivity contribution in [3.63, 3.8) is 0 Å². The van der Waals surface area contributed by atoms with Gasteiger partial charge >= 0.3 is 0 Å². The van der Waals surface area contributed by atoms with E-state index in [0.29, 0.717) is 11.4 Å². The van der Waals surface area contributed by atoms with Gasteiger partial charge in [0, 0.05) is 16.7 Å². The summed E-state index contributed by atoms with van der Waals surface area (Å²) in [5, 5.41) is 9.52. The molecule has 0 unspecified atom stereocenters. The standard InChI is InChI=1S/C12H13BrN4O2/c1-7-12(8(2)16-15-7)14-10(18)6-17-5-9(13)3-4-11(17)19/h3-5H,6H2,1-2H3,(H,14,18)(H,15,16). The Morgan fingerprint density at radius 2 is 2.21 bits per heavy atom. The number of amides is 1. The molecule has 7 heteroatoms. The van der Waals surface area contributed by atoms with E-state index in [1.54, 1.807) is 19.2 Å². The Balaban J connectivity index is 2.14. The van der Waals surface area contributed by atoms with E-state index in [1.807, 2.05) is 6.92 Å². The number of nitrogens with zero attached hydrogens (tertiary/aromatic N) is 2. The van der Waals surface area contributed by atoms with Crippen LogP contribution < -0.4 is 10.9 Å². The molecule has 2 aromatic rings. The summed E-state index contributed by atoms with van der Waals surface area (Å²) in [6.45, 7) is 3.58. The van der Waals surface area contributed by atoms with Gasteiger partial charge in [-0.2, -0.15) is 5.10 Å². The summed E-state index contributed by atoms with van der Waals surface area (Å²) in [5.74, 6) is -0.271. The molecule has 0 bridgehead atoms. The number of pyridine rings is 1. The van der Waals surface area contributed by atoms with Gasteiger partial charge in [0.2, 0.25) is 5.91 Å². The Kier molecular flexibility index (Phi) is 3.84. The Hall–Kier alpha value is -1.89. The number of rotatable bonds is 3. The van der Waals surface area contributed by atoms with Crippen molar-refractivity contribution in [1.29, 1.82) is 0 Å². The predicted molar refractivity (Wildman–Crippen MR) is 75.1 cm³/mol. The zero-order valence-corrected chi connectivity index (χ0v) is 12.1. The fourth-order valence-electron chi connectivity index (χ4n) is 1.69. The van der Waals surface area contributed by atoms with Crippen molar-refractivity contribution in [2.45, 2.75) is 20.4 Å². The molecule has 0 saturated heterocycles. The van der Waals surface area contributed by atoms with Crippen molar-refractivity contribution >= 4 is 27.5 Å². The Morgan fingerprint density at radius 3 is 2.84 bits per heavy atom. The number of carbonyl (C=O) groups excluding carboxylic acids is 1. The van der Waals surface area contributed by atoms with Gasteiger partial charge in [-0.1, -0.05) is 0 Å². The van der Waals surface area contributed by atoms with E-state index in [2.05, 4.69) is 31.4 Å². The minimum absolute atomic E-state index is 0.0394. The highest BCUT2D eigenvalue weighted by Gasteiger charge is 2.11. The SMILES string of the molecule is Cc1n[nH]c(C)c1NC(=O)Cn1cc(Br)ccc1=O. The molecule has 19 heavy (non-hydrogen) atoms. The summed E-state index contributed by atoms with van der Waals surface area (Å²) >= 11 is 3.26. The molecule has 0 radical (unpaired) electrons. The van der Waals surface area contributed by atoms with Crippen molar-refractivity contribution in [2.24, 2.45) is 0 Å². The van der Waals surface area contributed by atoms with Crippen molar-refractivity contribution in [1.82, 2.24) is 14.8 Å². The van der Waals surface area contributed by atoms with E-state index in [1.165, 1.54) is 10.6 Å². The molecule has 0 aliphatic carbocycles. The van der Waals surface area contributed by atoms with Gasteiger partial charge < -0.3 is 9.88 Å². The highest BCUT2D eigenvalue weighted by molar-refractivity contribution is 9.10. The van der Waals surface area contributed by atoms with E-state index in [4.69, 9.17) is 0 Å². The normalized spacial score (nSPS) is 10.5. The van der Waals surface area contributed by atoms with Crippen molar-refractivity contribution in [2.75, 3.05) is 5.32 Å². The van der Waals surface area contributed by atoms with E-state index >= 15 is 0 Å². The molecule has 2 rings (SSSR count). The van der Waals surface area contributed by atoms with Crippen LogP contribution in [0.15, 0.2) is 27.6 Å². The zero-order chi connectivity index (χ0) is 14.0. The van der Waals surface area contributed by atoms with Gasteiger partial charge in [-0.25, -0.2) is 0 Å². The number of aromatic nitrogens is 3. The summed E-state index contributed by atoms with van der Waals surface area (Å²) in [7, 11) is 0. The number of hydrogen-bond acceptors (Lipinski definition) is 3. The Labute approximate surface area is 118 Å². The Morgan fingerprint density at radius 1 is 1.47 bits per heavy atom. The predicted octanol–water partition coefficient (Wildman–Crippen LogP) is 1.59. The molecule has 100 valence electrons. The minimum atomic E-state index is -0.271. The van der Waals surface area contributed by atoms with Gasteiger partial charge in [-0.3, -0.25) is 14.7 Å². The maximum Gasteiger partial charge on any atom is 0.251 e. The molecule has 0 fully saturated rings. The monoisotopic (exact) mass is 324 g/mol. The second-order valence-corrected chi connectivity index (χ2v) is 5.09. The third kappa shape index (κ3) is 3.11. The number of carbonyl (C=O) groups is 1. The van der Waals surface area contributed by atoms with Gasteiger partial charge in [0.05, 0.1) is 17.1 Å². The summed E-state index contributed by atoms with van der Waals surface area (Å²) in [4.78, 5) is 23.5. The summed E-state index contributed by atoms with van der Waals surface area (Å²) in [6, 6.07) is 3.05. The third-order valence-electron chi connectivity index (χ3n) is 2.65. The highest BCUT2D eigenvalue weighted by Crippen LogP contribution is 2.15. The molecule has 6 nitrogen and oxygen atoms in total. The van der Waals surface area contributed by atoms with Crippen LogP contribution in [0.3, 0.4) is 0 Å². The third-order valence-corrected chi connectivity index (χ3v) is 3.12. The first-order valence-electron chi connectivity index (χ1n) is 5.65. The summed E-state index contributed by atoms with van der Waals surface area (Å²) in [5.41, 5.74) is 1.94. The van der Waals surface area contributed by atoms with Crippen LogP contribution in [0, 0.1) is 13.8 Å². The molecule has 0 saturated carbocycles. The largest absolute Gasteiger partial charge is 0.321 e. The first-order valence-corrected chi connectivity index (χ1v) is 6.44. The average molecular weight is 325 g/mol. The van der Waals surface area contributed by atoms with Crippen molar-refractivity contribution in [3.05, 3.63) is 44.5 Å². The van der Waals surface area contributed by atoms with Crippen LogP contribution in [0.2, 0.25) is 0 Å². The van der Waals surface area contributed by atoms with Crippen LogP contribution >= 0.6 is 15.9 Å². The van der Waals surface area contributed by atoms with E-state index in [-0.39, 0.29) is 18.0 Å². The van der Waals surface area contributed by atoms with Crippen LogP contribution in [-0.4, -0.2) is 20.7 Å². The maximum atomic E-state index is 11.9. The number of aryl methyl sites for hydroxylation is 2. The molecule has 2 aromatic heterocycles. The fraction of sp³-hybridized carbons (Fsp3) is 0.250. The second kappa shape index (κ2) is 5.40. The van der Waals surface area contributed by atoms with Crippen LogP contribution in [0.25, 0.3) is 0 Å². The second-order valence-electron chi connectivity index (χ2n) is 4.17. The van der Waals surface area contributed by atoms with Crippen LogP contribution in [0.4, 0.5) is 5.69 Å². The van der Waals surface area contributed by atoms with Gasteiger partial charge in [0.15, 0.2) is 0 Å². The number of hydrogen-bond donors (Lipinski definition) is 2. The van der Waals surface area contributed by atoms with E-state index in [9.17, 15) is 9.59 Å². The van der Waals surface area contributed by atoms with Crippen molar-refractivity contribution in [3.8, 4) is 0 Å². The smallest absolute Gasteiger partial charge is 0.251 e. The fourth-order valence-corrected chi connectivity index (χ4v) is 2.07. The molecule has 0 spiro atoms. The molecule has 2 heterocycles. The lowest BCUT2D eigenvalue weighted by Crippen LogP contribution is -2.27. The van der Waals surface area contributed by atoms with E-state index < -0.39 is 0 Å². The minimum Gasteiger partial charge on any atom is -0.321 e. The van der Waals surface area contributed by atoms with Crippen LogP contribution in [-0.2, 0) is 11.3 Å². The van der Waals surface area contributed by atoms with Gasteiger partial charge in [0.25, 0.3) is 5.56 Å². The van der Waals surface area contributed by atoms with E-state index in [0.717, 1.165) is 10.2 Å². The maximum absolute atomic E-state index is 11.9. The molecule has 0 aliphatic rings. The molecule has 0 aromatic carbocycles. The quantitative estimate of drug-likeness (QED) is 0.899. The molecule has 0 atom stereocenters. The average Bonchev–Trinajstić information content (AvgIpc) is 2.65. The first-order chi connectivity index (χ1) is 8.97. The molecular formula is C12H13BrN4O2.